The van der Waals surface area contributed by atoms with E-state index < -0.39 is 7.14 Å². The van der Waals surface area contributed by atoms with Gasteiger partial charge in [0.05, 0.1) is 22.0 Å². The van der Waals surface area contributed by atoms with Crippen LogP contribution in [0.2, 0.25) is 0 Å². The highest BCUT2D eigenvalue weighted by molar-refractivity contribution is 7.86. The molecule has 0 saturated carbocycles. The van der Waals surface area contributed by atoms with Gasteiger partial charge in [0.1, 0.15) is 5.82 Å². The molecule has 2 aromatic heterocycles. The van der Waals surface area contributed by atoms with E-state index in [1.165, 1.54) is 42.1 Å². The van der Waals surface area contributed by atoms with Crippen molar-refractivity contribution in [1.29, 1.82) is 0 Å². The first-order valence-electron chi connectivity index (χ1n) is 18.9. The minimum absolute atomic E-state index is 0.816. The summed E-state index contributed by atoms with van der Waals surface area (Å²) < 4.78 is 21.6. The van der Waals surface area contributed by atoms with Gasteiger partial charge < -0.3 is 4.57 Å². The van der Waals surface area contributed by atoms with Crippen LogP contribution in [0.3, 0.4) is 0 Å². The Bertz CT molecular complexity index is 3400. The molecule has 9 aromatic carbocycles. The Labute approximate surface area is 327 Å². The molecule has 56 heavy (non-hydrogen) atoms. The lowest BCUT2D eigenvalue weighted by Gasteiger charge is -2.32. The molecule has 3 heterocycles. The molecule has 11 aromatic rings. The quantitative estimate of drug-likeness (QED) is 0.133. The van der Waals surface area contributed by atoms with E-state index in [0.717, 1.165) is 65.9 Å². The van der Waals surface area contributed by atoms with E-state index in [1.807, 2.05) is 59.9 Å². The molecule has 0 radical (unpaired) electrons. The maximum Gasteiger partial charge on any atom is 0.175 e. The number of rotatable bonds is 4. The topological polar surface area (TPSA) is 34.9 Å². The summed E-state index contributed by atoms with van der Waals surface area (Å²) in [6.45, 7) is 0. The second kappa shape index (κ2) is 12.0. The van der Waals surface area contributed by atoms with Crippen LogP contribution in [0.15, 0.2) is 188 Å². The number of fused-ring (bicyclic) bond motifs is 7. The molecule has 0 amide bonds. The number of hydrogen-bond donors (Lipinski definition) is 0. The van der Waals surface area contributed by atoms with Gasteiger partial charge in [-0.15, -0.1) is 11.3 Å². The molecule has 0 aliphatic carbocycles. The van der Waals surface area contributed by atoms with Crippen LogP contribution in [0.5, 0.6) is 0 Å². The van der Waals surface area contributed by atoms with Gasteiger partial charge in [0, 0.05) is 36.3 Å². The van der Waals surface area contributed by atoms with Crippen LogP contribution in [0, 0.1) is 0 Å². The molecule has 1 aliphatic rings. The van der Waals surface area contributed by atoms with E-state index in [1.54, 1.807) is 0 Å². The van der Waals surface area contributed by atoms with Crippen molar-refractivity contribution < 1.29 is 4.57 Å². The van der Waals surface area contributed by atoms with Crippen molar-refractivity contribution in [2.75, 3.05) is 0 Å². The predicted molar refractivity (Wildman–Crippen MR) is 238 cm³/mol. The van der Waals surface area contributed by atoms with Crippen LogP contribution in [-0.2, 0) is 4.57 Å². The summed E-state index contributed by atoms with van der Waals surface area (Å²) in [6, 6.07) is 66.2. The Kier molecular flexibility index (Phi) is 6.78. The fraction of sp³-hybridized carbons (Fsp3) is 0. The molecule has 0 saturated heterocycles. The number of thiophene rings is 1. The van der Waals surface area contributed by atoms with Crippen molar-refractivity contribution in [3.05, 3.63) is 188 Å². The van der Waals surface area contributed by atoms with Gasteiger partial charge in [0.25, 0.3) is 0 Å². The van der Waals surface area contributed by atoms with E-state index in [2.05, 4.69) is 144 Å². The van der Waals surface area contributed by atoms with Crippen molar-refractivity contribution in [3.8, 4) is 39.3 Å². The number of nitrogens with zero attached hydrogens (tertiary/aromatic N) is 2. The third-order valence-electron chi connectivity index (χ3n) is 11.6. The van der Waals surface area contributed by atoms with Gasteiger partial charge in [-0.05, 0) is 74.1 Å². The molecule has 1 unspecified atom stereocenters. The zero-order valence-corrected chi connectivity index (χ0v) is 31.8. The van der Waals surface area contributed by atoms with Gasteiger partial charge in [-0.1, -0.05) is 158 Å². The molecule has 0 N–H and O–H groups in total. The summed E-state index contributed by atoms with van der Waals surface area (Å²) in [5.74, 6) is 0.840. The predicted octanol–water partition coefficient (Wildman–Crippen LogP) is 12.7. The minimum atomic E-state index is -3.47. The van der Waals surface area contributed by atoms with Gasteiger partial charge in [0.2, 0.25) is 0 Å². The number of benzene rings is 9. The zero-order chi connectivity index (χ0) is 37.0. The van der Waals surface area contributed by atoms with E-state index in [0.29, 0.717) is 0 Å². The lowest BCUT2D eigenvalue weighted by molar-refractivity contribution is 0.592. The molecule has 1 aliphatic heterocycles. The Morgan fingerprint density at radius 1 is 0.482 bits per heavy atom. The maximum absolute atomic E-state index is 16.7. The maximum atomic E-state index is 16.7. The summed E-state index contributed by atoms with van der Waals surface area (Å²) in [5.41, 5.74) is 8.13. The van der Waals surface area contributed by atoms with E-state index >= 15 is 4.57 Å². The Balaban J connectivity index is 1.21. The summed E-state index contributed by atoms with van der Waals surface area (Å²) in [5, 5.41) is 9.65. The van der Waals surface area contributed by atoms with Crippen LogP contribution < -0.4 is 15.9 Å². The highest BCUT2D eigenvalue weighted by Crippen LogP contribution is 2.54. The van der Waals surface area contributed by atoms with Gasteiger partial charge in [0.15, 0.2) is 7.14 Å². The van der Waals surface area contributed by atoms with Gasteiger partial charge in [-0.2, -0.15) is 0 Å². The molecule has 1 atom stereocenters. The first-order valence-corrected chi connectivity index (χ1v) is 21.4. The summed E-state index contributed by atoms with van der Waals surface area (Å²) in [4.78, 5) is 5.24. The van der Waals surface area contributed by atoms with Crippen molar-refractivity contribution in [3.63, 3.8) is 0 Å². The Morgan fingerprint density at radius 3 is 1.82 bits per heavy atom. The van der Waals surface area contributed by atoms with Crippen molar-refractivity contribution in [2.45, 2.75) is 0 Å². The van der Waals surface area contributed by atoms with E-state index in [9.17, 15) is 0 Å². The third-order valence-corrected chi connectivity index (χ3v) is 15.9. The third kappa shape index (κ3) is 4.34. The molecule has 0 bridgehead atoms. The van der Waals surface area contributed by atoms with Crippen molar-refractivity contribution in [2.24, 2.45) is 0 Å². The van der Waals surface area contributed by atoms with E-state index in [4.69, 9.17) is 4.98 Å². The summed E-state index contributed by atoms with van der Waals surface area (Å²) >= 11 is 1.85. The molecular weight excluding hydrogens is 720 g/mol. The monoisotopic (exact) mass is 750 g/mol. The lowest BCUT2D eigenvalue weighted by Crippen LogP contribution is -2.34. The Hall–Kier alpha value is -6.58. The van der Waals surface area contributed by atoms with Crippen LogP contribution in [0.25, 0.3) is 92.1 Å². The second-order valence-electron chi connectivity index (χ2n) is 14.6. The Morgan fingerprint density at radius 2 is 1.09 bits per heavy atom. The number of hydrogen-bond acceptors (Lipinski definition) is 3. The number of para-hydroxylation sites is 1. The average Bonchev–Trinajstić information content (AvgIpc) is 3.84. The second-order valence-corrected chi connectivity index (χ2v) is 18.3. The summed E-state index contributed by atoms with van der Waals surface area (Å²) in [7, 11) is -3.47. The molecule has 262 valence electrons. The smallest absolute Gasteiger partial charge is 0.175 e. The normalized spacial score (nSPS) is 14.9. The van der Waals surface area contributed by atoms with Gasteiger partial charge in [-0.25, -0.2) is 4.98 Å². The standard InChI is InChI=1S/C51H31N2OPS/c54-55(34-17-5-2-6-18-34)44-27-14-25-42-49(44)53(51(52-42)32-15-3-1-4-16-32)43-26-13-24-41(50(43)55)48-39-22-9-7-20-37(39)47(38-21-8-10-23-40(38)48)33-29-30-36-35-19-11-12-28-45(35)56-46(36)31-33/h1-31H. The van der Waals surface area contributed by atoms with Crippen LogP contribution in [-0.4, -0.2) is 9.55 Å². The fourth-order valence-corrected chi connectivity index (χ4v) is 13.6. The first kappa shape index (κ1) is 31.7. The van der Waals surface area contributed by atoms with Crippen molar-refractivity contribution >= 4 is 87.1 Å². The largest absolute Gasteiger partial charge is 0.308 e. The summed E-state index contributed by atoms with van der Waals surface area (Å²) in [6.07, 6.45) is 0. The van der Waals surface area contributed by atoms with Crippen LogP contribution in [0.1, 0.15) is 0 Å². The number of aromatic nitrogens is 2. The first-order chi connectivity index (χ1) is 27.7. The number of imidazole rings is 1. The van der Waals surface area contributed by atoms with Gasteiger partial charge >= 0.3 is 0 Å². The lowest BCUT2D eigenvalue weighted by atomic mass is 9.85. The van der Waals surface area contributed by atoms with Gasteiger partial charge in [-0.3, -0.25) is 4.57 Å². The van der Waals surface area contributed by atoms with E-state index in [-0.39, 0.29) is 0 Å². The minimum Gasteiger partial charge on any atom is -0.308 e. The highest BCUT2D eigenvalue weighted by atomic mass is 32.1. The fourth-order valence-electron chi connectivity index (χ4n) is 9.26. The van der Waals surface area contributed by atoms with Crippen molar-refractivity contribution in [1.82, 2.24) is 9.55 Å². The molecule has 3 nitrogen and oxygen atoms in total. The SMILES string of the molecule is O=P1(c2ccccc2)c2c(-c3c4ccccc4c(-c4ccc5c(c4)sc4ccccc45)c4ccccc34)cccc2-n2c(-c3ccccc3)nc3cccc1c32. The molecule has 0 fully saturated rings. The molecule has 0 spiro atoms. The zero-order valence-electron chi connectivity index (χ0n) is 30.1. The molecular formula is C51H31N2OPS. The van der Waals surface area contributed by atoms with Crippen LogP contribution >= 0.6 is 18.5 Å². The van der Waals surface area contributed by atoms with Crippen LogP contribution in [0.4, 0.5) is 0 Å². The molecule has 5 heteroatoms. The average molecular weight is 751 g/mol. The highest BCUT2D eigenvalue weighted by Gasteiger charge is 2.42. The molecule has 12 rings (SSSR count).